The van der Waals surface area contributed by atoms with E-state index in [2.05, 4.69) is 27.2 Å². The topological polar surface area (TPSA) is 49.3 Å². The molecule has 0 bridgehead atoms. The van der Waals surface area contributed by atoms with Crippen molar-refractivity contribution >= 4 is 11.7 Å². The number of hydrogen-bond donors (Lipinski definition) is 0. The number of amides is 1. The summed E-state index contributed by atoms with van der Waals surface area (Å²) in [5.41, 5.74) is 2.73. The first-order valence-corrected chi connectivity index (χ1v) is 10.8. The van der Waals surface area contributed by atoms with Crippen LogP contribution in [0.25, 0.3) is 0 Å². The standard InChI is InChI=1S/C25H28N4O/c30-25(23-14-15-24(27-26-23)28-17-8-3-9-18-28)29(20-22-12-6-2-7-13-22)19-16-21-10-4-1-5-11-21/h1-2,4-7,10-15H,3,8-9,16-20H2. The van der Waals surface area contributed by atoms with Gasteiger partial charge in [0.05, 0.1) is 0 Å². The van der Waals surface area contributed by atoms with Crippen molar-refractivity contribution in [1.29, 1.82) is 0 Å². The van der Waals surface area contributed by atoms with Crippen LogP contribution in [0.4, 0.5) is 5.82 Å². The van der Waals surface area contributed by atoms with Crippen molar-refractivity contribution in [3.05, 3.63) is 89.6 Å². The van der Waals surface area contributed by atoms with Crippen LogP contribution in [0.3, 0.4) is 0 Å². The molecule has 1 amide bonds. The molecule has 4 rings (SSSR count). The van der Waals surface area contributed by atoms with Gasteiger partial charge in [-0.2, -0.15) is 0 Å². The maximum Gasteiger partial charge on any atom is 0.274 e. The van der Waals surface area contributed by atoms with Crippen LogP contribution >= 0.6 is 0 Å². The lowest BCUT2D eigenvalue weighted by Crippen LogP contribution is -2.34. The van der Waals surface area contributed by atoms with Crippen molar-refractivity contribution in [1.82, 2.24) is 15.1 Å². The molecule has 3 aromatic rings. The van der Waals surface area contributed by atoms with Crippen molar-refractivity contribution < 1.29 is 4.79 Å². The molecule has 30 heavy (non-hydrogen) atoms. The molecule has 0 saturated carbocycles. The van der Waals surface area contributed by atoms with Gasteiger partial charge in [0.15, 0.2) is 11.5 Å². The maximum absolute atomic E-state index is 13.3. The first-order chi connectivity index (χ1) is 14.8. The Bertz CT molecular complexity index is 922. The Balaban J connectivity index is 1.48. The number of rotatable bonds is 7. The van der Waals surface area contributed by atoms with Gasteiger partial charge in [-0.3, -0.25) is 4.79 Å². The summed E-state index contributed by atoms with van der Waals surface area (Å²) in [6.07, 6.45) is 4.45. The predicted molar refractivity (Wildman–Crippen MR) is 119 cm³/mol. The Labute approximate surface area is 178 Å². The first kappa shape index (κ1) is 20.1. The minimum atomic E-state index is -0.0764. The highest BCUT2D eigenvalue weighted by atomic mass is 16.2. The summed E-state index contributed by atoms with van der Waals surface area (Å²) >= 11 is 0. The lowest BCUT2D eigenvalue weighted by molar-refractivity contribution is 0.0738. The highest BCUT2D eigenvalue weighted by Crippen LogP contribution is 2.17. The van der Waals surface area contributed by atoms with E-state index in [9.17, 15) is 4.79 Å². The van der Waals surface area contributed by atoms with E-state index in [1.807, 2.05) is 65.6 Å². The Morgan fingerprint density at radius 2 is 1.47 bits per heavy atom. The third-order valence-electron chi connectivity index (χ3n) is 5.57. The SMILES string of the molecule is O=C(c1ccc(N2CCCCC2)nn1)N(CCc1ccccc1)Cc1ccccc1. The summed E-state index contributed by atoms with van der Waals surface area (Å²) in [4.78, 5) is 17.4. The lowest BCUT2D eigenvalue weighted by Gasteiger charge is -2.27. The van der Waals surface area contributed by atoms with Gasteiger partial charge >= 0.3 is 0 Å². The van der Waals surface area contributed by atoms with Crippen LogP contribution in [0.15, 0.2) is 72.8 Å². The summed E-state index contributed by atoms with van der Waals surface area (Å²) in [6, 6.07) is 24.1. The van der Waals surface area contributed by atoms with Crippen molar-refractivity contribution in [2.75, 3.05) is 24.5 Å². The fourth-order valence-electron chi connectivity index (χ4n) is 3.86. The highest BCUT2D eigenvalue weighted by Gasteiger charge is 2.19. The minimum absolute atomic E-state index is 0.0764. The molecular weight excluding hydrogens is 372 g/mol. The second kappa shape index (κ2) is 10.0. The number of piperidine rings is 1. The number of nitrogens with zero attached hydrogens (tertiary/aromatic N) is 4. The lowest BCUT2D eigenvalue weighted by atomic mass is 10.1. The zero-order valence-electron chi connectivity index (χ0n) is 17.3. The normalized spacial score (nSPS) is 13.8. The number of hydrogen-bond acceptors (Lipinski definition) is 4. The molecule has 0 unspecified atom stereocenters. The zero-order chi connectivity index (χ0) is 20.6. The second-order valence-corrected chi connectivity index (χ2v) is 7.77. The van der Waals surface area contributed by atoms with Crippen LogP contribution in [-0.2, 0) is 13.0 Å². The zero-order valence-corrected chi connectivity index (χ0v) is 17.3. The molecule has 2 aromatic carbocycles. The van der Waals surface area contributed by atoms with Crippen LogP contribution in [0.1, 0.15) is 40.9 Å². The molecule has 0 radical (unpaired) electrons. The predicted octanol–water partition coefficient (Wildman–Crippen LogP) is 4.35. The smallest absolute Gasteiger partial charge is 0.274 e. The van der Waals surface area contributed by atoms with Gasteiger partial charge in [0.25, 0.3) is 5.91 Å². The summed E-state index contributed by atoms with van der Waals surface area (Å²) in [6.45, 7) is 3.22. The van der Waals surface area contributed by atoms with Crippen molar-refractivity contribution in [3.8, 4) is 0 Å². The average Bonchev–Trinajstić information content (AvgIpc) is 2.83. The number of aromatic nitrogens is 2. The first-order valence-electron chi connectivity index (χ1n) is 10.8. The number of carbonyl (C=O) groups is 1. The second-order valence-electron chi connectivity index (χ2n) is 7.77. The van der Waals surface area contributed by atoms with Crippen LogP contribution in [-0.4, -0.2) is 40.6 Å². The van der Waals surface area contributed by atoms with Crippen LogP contribution in [0.5, 0.6) is 0 Å². The average molecular weight is 401 g/mol. The Kier molecular flexibility index (Phi) is 6.70. The van der Waals surface area contributed by atoms with Crippen LogP contribution in [0, 0.1) is 0 Å². The molecule has 0 spiro atoms. The molecule has 5 heteroatoms. The van der Waals surface area contributed by atoms with Gasteiger partial charge in [0.1, 0.15) is 0 Å². The Morgan fingerprint density at radius 3 is 2.10 bits per heavy atom. The third kappa shape index (κ3) is 5.23. The van der Waals surface area contributed by atoms with E-state index in [0.717, 1.165) is 30.9 Å². The van der Waals surface area contributed by atoms with Crippen LogP contribution in [0.2, 0.25) is 0 Å². The highest BCUT2D eigenvalue weighted by molar-refractivity contribution is 5.92. The molecule has 0 atom stereocenters. The van der Waals surface area contributed by atoms with Gasteiger partial charge in [0.2, 0.25) is 0 Å². The number of carbonyl (C=O) groups excluding carboxylic acids is 1. The third-order valence-corrected chi connectivity index (χ3v) is 5.57. The molecule has 154 valence electrons. The van der Waals surface area contributed by atoms with Gasteiger partial charge in [-0.1, -0.05) is 60.7 Å². The van der Waals surface area contributed by atoms with E-state index in [1.165, 1.54) is 24.8 Å². The van der Waals surface area contributed by atoms with Gasteiger partial charge in [-0.25, -0.2) is 0 Å². The molecule has 0 N–H and O–H groups in total. The van der Waals surface area contributed by atoms with E-state index in [-0.39, 0.29) is 5.91 Å². The molecule has 2 heterocycles. The molecule has 0 aliphatic carbocycles. The molecule has 1 fully saturated rings. The fraction of sp³-hybridized carbons (Fsp3) is 0.320. The van der Waals surface area contributed by atoms with Gasteiger partial charge in [-0.05, 0) is 48.9 Å². The van der Waals surface area contributed by atoms with Gasteiger partial charge in [0, 0.05) is 26.2 Å². The van der Waals surface area contributed by atoms with Crippen molar-refractivity contribution in [2.45, 2.75) is 32.2 Å². The van der Waals surface area contributed by atoms with Crippen molar-refractivity contribution in [3.63, 3.8) is 0 Å². The van der Waals surface area contributed by atoms with Crippen LogP contribution < -0.4 is 4.90 Å². The minimum Gasteiger partial charge on any atom is -0.355 e. The summed E-state index contributed by atoms with van der Waals surface area (Å²) < 4.78 is 0. The molecule has 1 aliphatic rings. The van der Waals surface area contributed by atoms with Gasteiger partial charge < -0.3 is 9.80 Å². The Hall–Kier alpha value is -3.21. The molecule has 1 aliphatic heterocycles. The largest absolute Gasteiger partial charge is 0.355 e. The quantitative estimate of drug-likeness (QED) is 0.592. The molecule has 5 nitrogen and oxygen atoms in total. The Morgan fingerprint density at radius 1 is 0.800 bits per heavy atom. The molecular formula is C25H28N4O. The monoisotopic (exact) mass is 400 g/mol. The number of anilines is 1. The molecule has 1 aromatic heterocycles. The van der Waals surface area contributed by atoms with Crippen molar-refractivity contribution in [2.24, 2.45) is 0 Å². The summed E-state index contributed by atoms with van der Waals surface area (Å²) in [7, 11) is 0. The van der Waals surface area contributed by atoms with E-state index in [1.54, 1.807) is 0 Å². The van der Waals surface area contributed by atoms with E-state index in [0.29, 0.717) is 18.8 Å². The summed E-state index contributed by atoms with van der Waals surface area (Å²) in [5.74, 6) is 0.789. The van der Waals surface area contributed by atoms with E-state index in [4.69, 9.17) is 0 Å². The number of benzene rings is 2. The maximum atomic E-state index is 13.3. The fourth-order valence-corrected chi connectivity index (χ4v) is 3.86. The summed E-state index contributed by atoms with van der Waals surface area (Å²) in [5, 5.41) is 8.65. The van der Waals surface area contributed by atoms with E-state index >= 15 is 0 Å². The van der Waals surface area contributed by atoms with Gasteiger partial charge in [-0.15, -0.1) is 10.2 Å². The van der Waals surface area contributed by atoms with E-state index < -0.39 is 0 Å². The molecule has 1 saturated heterocycles.